The van der Waals surface area contributed by atoms with Gasteiger partial charge in [0.2, 0.25) is 0 Å². The van der Waals surface area contributed by atoms with E-state index < -0.39 is 11.7 Å². The number of carbonyl (C=O) groups is 1. The van der Waals surface area contributed by atoms with Gasteiger partial charge in [-0.05, 0) is 49.6 Å². The molecule has 186 valence electrons. The normalized spacial score (nSPS) is 15.9. The minimum atomic E-state index is -4.47. The van der Waals surface area contributed by atoms with Crippen LogP contribution in [0, 0.1) is 6.92 Å². The van der Waals surface area contributed by atoms with Crippen LogP contribution in [-0.4, -0.2) is 58.9 Å². The van der Waals surface area contributed by atoms with E-state index in [9.17, 15) is 18.0 Å². The second-order valence-corrected chi connectivity index (χ2v) is 8.84. The van der Waals surface area contributed by atoms with Gasteiger partial charge in [-0.15, -0.1) is 0 Å². The standard InChI is InChI=1S/C25H28F3N5O2/c1-17-22(14-30-33(17)23-11-8-19(13-29-23)25(26,27)28)24(34)32(16-21-5-4-12-35-21)15-18-6-9-20(10-7-18)31(2)3/h6-11,13-14,21H,4-5,12,15-16H2,1-3H3. The highest BCUT2D eigenvalue weighted by atomic mass is 19.4. The summed E-state index contributed by atoms with van der Waals surface area (Å²) < 4.78 is 45.8. The molecule has 1 amide bonds. The van der Waals surface area contributed by atoms with E-state index in [-0.39, 0.29) is 17.8 Å². The minimum Gasteiger partial charge on any atom is -0.378 e. The van der Waals surface area contributed by atoms with E-state index in [1.54, 1.807) is 11.8 Å². The average molecular weight is 488 g/mol. The molecule has 1 atom stereocenters. The number of carbonyl (C=O) groups excluding carboxylic acids is 1. The minimum absolute atomic E-state index is 0.0353. The lowest BCUT2D eigenvalue weighted by Gasteiger charge is -2.26. The van der Waals surface area contributed by atoms with Crippen LogP contribution < -0.4 is 4.90 Å². The number of ether oxygens (including phenoxy) is 1. The van der Waals surface area contributed by atoms with Crippen molar-refractivity contribution in [1.29, 1.82) is 0 Å². The Kier molecular flexibility index (Phi) is 7.11. The van der Waals surface area contributed by atoms with E-state index in [0.717, 1.165) is 36.4 Å². The Morgan fingerprint density at radius 1 is 1.14 bits per heavy atom. The van der Waals surface area contributed by atoms with E-state index in [0.29, 0.717) is 31.0 Å². The van der Waals surface area contributed by atoms with E-state index in [1.165, 1.54) is 16.9 Å². The lowest BCUT2D eigenvalue weighted by atomic mass is 10.1. The predicted octanol–water partition coefficient (Wildman–Crippen LogP) is 4.48. The summed E-state index contributed by atoms with van der Waals surface area (Å²) in [5.74, 6) is -0.00708. The molecule has 0 saturated carbocycles. The van der Waals surface area contributed by atoms with Crippen LogP contribution in [0.1, 0.15) is 40.0 Å². The molecule has 7 nitrogen and oxygen atoms in total. The zero-order valence-electron chi connectivity index (χ0n) is 19.9. The summed E-state index contributed by atoms with van der Waals surface area (Å²) in [7, 11) is 3.93. The highest BCUT2D eigenvalue weighted by Gasteiger charge is 2.31. The van der Waals surface area contributed by atoms with Crippen LogP contribution in [0.2, 0.25) is 0 Å². The van der Waals surface area contributed by atoms with Crippen molar-refractivity contribution in [3.05, 3.63) is 71.2 Å². The molecule has 0 bridgehead atoms. The Labute approximate surface area is 202 Å². The Balaban J connectivity index is 1.58. The van der Waals surface area contributed by atoms with Crippen LogP contribution in [0.25, 0.3) is 5.82 Å². The maximum atomic E-state index is 13.6. The molecule has 1 aliphatic heterocycles. The quantitative estimate of drug-likeness (QED) is 0.492. The molecule has 10 heteroatoms. The summed E-state index contributed by atoms with van der Waals surface area (Å²) in [4.78, 5) is 21.3. The highest BCUT2D eigenvalue weighted by Crippen LogP contribution is 2.29. The van der Waals surface area contributed by atoms with Crippen molar-refractivity contribution in [2.45, 2.75) is 38.6 Å². The van der Waals surface area contributed by atoms with Gasteiger partial charge in [0.25, 0.3) is 5.91 Å². The number of aromatic nitrogens is 3. The van der Waals surface area contributed by atoms with E-state index in [4.69, 9.17) is 4.74 Å². The first-order chi connectivity index (χ1) is 16.6. The van der Waals surface area contributed by atoms with Crippen LogP contribution >= 0.6 is 0 Å². The van der Waals surface area contributed by atoms with Gasteiger partial charge in [0.15, 0.2) is 5.82 Å². The summed E-state index contributed by atoms with van der Waals surface area (Å²) in [5.41, 5.74) is 2.07. The van der Waals surface area contributed by atoms with Crippen molar-refractivity contribution in [2.75, 3.05) is 32.1 Å². The summed E-state index contributed by atoms with van der Waals surface area (Å²) in [6, 6.07) is 10.2. The summed E-state index contributed by atoms with van der Waals surface area (Å²) in [5, 5.41) is 4.24. The Morgan fingerprint density at radius 2 is 1.89 bits per heavy atom. The van der Waals surface area contributed by atoms with Crippen LogP contribution in [0.4, 0.5) is 18.9 Å². The fourth-order valence-corrected chi connectivity index (χ4v) is 4.07. The van der Waals surface area contributed by atoms with Crippen LogP contribution in [0.3, 0.4) is 0 Å². The zero-order valence-corrected chi connectivity index (χ0v) is 19.9. The lowest BCUT2D eigenvalue weighted by molar-refractivity contribution is -0.137. The molecule has 3 aromatic rings. The Bertz CT molecular complexity index is 1150. The summed E-state index contributed by atoms with van der Waals surface area (Å²) in [6.07, 6.45) is -0.461. The van der Waals surface area contributed by atoms with Gasteiger partial charge in [-0.25, -0.2) is 9.67 Å². The van der Waals surface area contributed by atoms with E-state index in [1.807, 2.05) is 43.3 Å². The maximum absolute atomic E-state index is 13.6. The van der Waals surface area contributed by atoms with Crippen molar-refractivity contribution in [1.82, 2.24) is 19.7 Å². The zero-order chi connectivity index (χ0) is 25.2. The monoisotopic (exact) mass is 487 g/mol. The van der Waals surface area contributed by atoms with Crippen LogP contribution in [0.15, 0.2) is 48.8 Å². The molecule has 0 aliphatic carbocycles. The SMILES string of the molecule is Cc1c(C(=O)N(Cc2ccc(N(C)C)cc2)CC2CCCO2)cnn1-c1ccc(C(F)(F)F)cn1. The topological polar surface area (TPSA) is 63.5 Å². The lowest BCUT2D eigenvalue weighted by Crippen LogP contribution is -2.37. The fraction of sp³-hybridized carbons (Fsp3) is 0.400. The second kappa shape index (κ2) is 10.1. The fourth-order valence-electron chi connectivity index (χ4n) is 4.07. The molecule has 2 aromatic heterocycles. The molecule has 3 heterocycles. The van der Waals surface area contributed by atoms with E-state index >= 15 is 0 Å². The average Bonchev–Trinajstić information content (AvgIpc) is 3.47. The molecular formula is C25H28F3N5O2. The Hall–Kier alpha value is -3.40. The van der Waals surface area contributed by atoms with Gasteiger partial charge in [0.1, 0.15) is 0 Å². The molecule has 0 spiro atoms. The third kappa shape index (κ3) is 5.64. The third-order valence-corrected chi connectivity index (χ3v) is 6.09. The van der Waals surface area contributed by atoms with Gasteiger partial charge in [-0.1, -0.05) is 12.1 Å². The first-order valence-electron chi connectivity index (χ1n) is 11.4. The molecule has 0 N–H and O–H groups in total. The number of alkyl halides is 3. The van der Waals surface area contributed by atoms with Crippen molar-refractivity contribution >= 4 is 11.6 Å². The highest BCUT2D eigenvalue weighted by molar-refractivity contribution is 5.95. The first kappa shape index (κ1) is 24.7. The Morgan fingerprint density at radius 3 is 2.46 bits per heavy atom. The molecule has 1 fully saturated rings. The van der Waals surface area contributed by atoms with Crippen molar-refractivity contribution in [2.24, 2.45) is 0 Å². The van der Waals surface area contributed by atoms with Gasteiger partial charge in [0.05, 0.1) is 29.1 Å². The van der Waals surface area contributed by atoms with Crippen molar-refractivity contribution in [3.8, 4) is 5.82 Å². The first-order valence-corrected chi connectivity index (χ1v) is 11.4. The molecule has 1 aliphatic rings. The number of benzene rings is 1. The second-order valence-electron chi connectivity index (χ2n) is 8.84. The van der Waals surface area contributed by atoms with Gasteiger partial charge in [-0.3, -0.25) is 4.79 Å². The molecule has 1 saturated heterocycles. The van der Waals surface area contributed by atoms with Crippen LogP contribution in [0.5, 0.6) is 0 Å². The predicted molar refractivity (Wildman–Crippen MR) is 126 cm³/mol. The van der Waals surface area contributed by atoms with Crippen molar-refractivity contribution < 1.29 is 22.7 Å². The van der Waals surface area contributed by atoms with Gasteiger partial charge in [-0.2, -0.15) is 18.3 Å². The molecule has 0 radical (unpaired) electrons. The molecule has 1 aromatic carbocycles. The largest absolute Gasteiger partial charge is 0.417 e. The number of nitrogens with zero attached hydrogens (tertiary/aromatic N) is 5. The van der Waals surface area contributed by atoms with Crippen molar-refractivity contribution in [3.63, 3.8) is 0 Å². The van der Waals surface area contributed by atoms with Gasteiger partial charge >= 0.3 is 6.18 Å². The summed E-state index contributed by atoms with van der Waals surface area (Å²) >= 11 is 0. The number of anilines is 1. The number of halogens is 3. The van der Waals surface area contributed by atoms with E-state index in [2.05, 4.69) is 10.1 Å². The van der Waals surface area contributed by atoms with Gasteiger partial charge in [0, 0.05) is 45.7 Å². The third-order valence-electron chi connectivity index (χ3n) is 6.09. The molecule has 1 unspecified atom stereocenters. The number of rotatable bonds is 7. The summed E-state index contributed by atoms with van der Waals surface area (Å²) in [6.45, 7) is 3.23. The smallest absolute Gasteiger partial charge is 0.378 e. The number of hydrogen-bond acceptors (Lipinski definition) is 5. The number of hydrogen-bond donors (Lipinski definition) is 0. The molecular weight excluding hydrogens is 459 g/mol. The maximum Gasteiger partial charge on any atom is 0.417 e. The molecule has 35 heavy (non-hydrogen) atoms. The van der Waals surface area contributed by atoms with Gasteiger partial charge < -0.3 is 14.5 Å². The van der Waals surface area contributed by atoms with Crippen LogP contribution in [-0.2, 0) is 17.5 Å². The number of amides is 1. The number of pyridine rings is 1. The molecule has 4 rings (SSSR count).